The zero-order valence-electron chi connectivity index (χ0n) is 10.8. The van der Waals surface area contributed by atoms with Crippen LogP contribution >= 0.6 is 11.6 Å². The lowest BCUT2D eigenvalue weighted by molar-refractivity contribution is 0.601. The number of benzene rings is 1. The van der Waals surface area contributed by atoms with Crippen LogP contribution in [0.5, 0.6) is 0 Å². The van der Waals surface area contributed by atoms with Gasteiger partial charge in [0.2, 0.25) is 0 Å². The molecule has 0 saturated heterocycles. The molecule has 1 aromatic carbocycles. The van der Waals surface area contributed by atoms with Gasteiger partial charge in [-0.2, -0.15) is 0 Å². The van der Waals surface area contributed by atoms with Crippen LogP contribution in [0.1, 0.15) is 11.1 Å². The lowest BCUT2D eigenvalue weighted by atomic mass is 10.2. The first kappa shape index (κ1) is 14.8. The van der Waals surface area contributed by atoms with Gasteiger partial charge in [0, 0.05) is 12.7 Å². The van der Waals surface area contributed by atoms with Crippen LogP contribution in [-0.2, 0) is 16.6 Å². The molecule has 20 heavy (non-hydrogen) atoms. The Morgan fingerprint density at radius 1 is 1.35 bits per heavy atom. The van der Waals surface area contributed by atoms with Crippen molar-refractivity contribution in [2.75, 3.05) is 4.72 Å². The number of anilines is 1. The molecule has 5 nitrogen and oxygen atoms in total. The summed E-state index contributed by atoms with van der Waals surface area (Å²) >= 11 is 5.97. The number of halogens is 1. The predicted molar refractivity (Wildman–Crippen MR) is 79.1 cm³/mol. The van der Waals surface area contributed by atoms with Crippen LogP contribution in [0.25, 0.3) is 0 Å². The standard InChI is InChI=1S/C13H14ClN3O2S/c1-9-4-5-16-8-12(9)17-20(18,19)13-6-10(7-15)2-3-11(13)14/h2-6,8,17H,7,15H2,1H3. The van der Waals surface area contributed by atoms with Crippen LogP contribution < -0.4 is 10.5 Å². The largest absolute Gasteiger partial charge is 0.326 e. The summed E-state index contributed by atoms with van der Waals surface area (Å²) in [7, 11) is -3.78. The first-order valence-electron chi connectivity index (χ1n) is 5.86. The minimum atomic E-state index is -3.78. The molecule has 106 valence electrons. The molecule has 1 heterocycles. The number of hydrogen-bond donors (Lipinski definition) is 2. The molecule has 0 spiro atoms. The molecule has 0 fully saturated rings. The Bertz CT molecular complexity index is 732. The molecule has 0 amide bonds. The Hall–Kier alpha value is -1.63. The van der Waals surface area contributed by atoms with E-state index >= 15 is 0 Å². The van der Waals surface area contributed by atoms with Crippen molar-refractivity contribution >= 4 is 27.3 Å². The third-order valence-corrected chi connectivity index (χ3v) is 4.65. The highest BCUT2D eigenvalue weighted by atomic mass is 35.5. The number of rotatable bonds is 4. The SMILES string of the molecule is Cc1ccncc1NS(=O)(=O)c1cc(CN)ccc1Cl. The lowest BCUT2D eigenvalue weighted by Gasteiger charge is -2.12. The Morgan fingerprint density at radius 2 is 2.10 bits per heavy atom. The van der Waals surface area contributed by atoms with Gasteiger partial charge in [-0.05, 0) is 36.2 Å². The summed E-state index contributed by atoms with van der Waals surface area (Å²) in [5.41, 5.74) is 7.40. The van der Waals surface area contributed by atoms with Crippen molar-refractivity contribution < 1.29 is 8.42 Å². The fourth-order valence-corrected chi connectivity index (χ4v) is 3.32. The monoisotopic (exact) mass is 311 g/mol. The quantitative estimate of drug-likeness (QED) is 0.907. The van der Waals surface area contributed by atoms with Crippen LogP contribution in [0.4, 0.5) is 5.69 Å². The Morgan fingerprint density at radius 3 is 2.75 bits per heavy atom. The summed E-state index contributed by atoms with van der Waals surface area (Å²) in [6.45, 7) is 2.03. The smallest absolute Gasteiger partial charge is 0.263 e. The fourth-order valence-electron chi connectivity index (χ4n) is 1.65. The summed E-state index contributed by atoms with van der Waals surface area (Å²) in [4.78, 5) is 3.90. The number of nitrogens with zero attached hydrogens (tertiary/aromatic N) is 1. The minimum Gasteiger partial charge on any atom is -0.326 e. The molecular formula is C13H14ClN3O2S. The maximum absolute atomic E-state index is 12.4. The van der Waals surface area contributed by atoms with Gasteiger partial charge in [0.15, 0.2) is 0 Å². The lowest BCUT2D eigenvalue weighted by Crippen LogP contribution is -2.15. The molecule has 7 heteroatoms. The van der Waals surface area contributed by atoms with Crippen molar-refractivity contribution in [2.45, 2.75) is 18.4 Å². The molecule has 0 atom stereocenters. The van der Waals surface area contributed by atoms with Gasteiger partial charge in [-0.3, -0.25) is 9.71 Å². The van der Waals surface area contributed by atoms with Crippen molar-refractivity contribution in [1.29, 1.82) is 0 Å². The summed E-state index contributed by atoms with van der Waals surface area (Å²) in [5.74, 6) is 0. The van der Waals surface area contributed by atoms with Crippen molar-refractivity contribution in [3.63, 3.8) is 0 Å². The third kappa shape index (κ3) is 3.09. The first-order chi connectivity index (χ1) is 9.44. The highest BCUT2D eigenvalue weighted by Crippen LogP contribution is 2.25. The van der Waals surface area contributed by atoms with Gasteiger partial charge < -0.3 is 5.73 Å². The van der Waals surface area contributed by atoms with E-state index in [2.05, 4.69) is 9.71 Å². The number of sulfonamides is 1. The zero-order chi connectivity index (χ0) is 14.8. The highest BCUT2D eigenvalue weighted by Gasteiger charge is 2.19. The van der Waals surface area contributed by atoms with E-state index in [1.807, 2.05) is 0 Å². The topological polar surface area (TPSA) is 85.1 Å². The van der Waals surface area contributed by atoms with E-state index in [0.717, 1.165) is 5.56 Å². The fraction of sp³-hybridized carbons (Fsp3) is 0.154. The first-order valence-corrected chi connectivity index (χ1v) is 7.72. The molecule has 0 unspecified atom stereocenters. The van der Waals surface area contributed by atoms with E-state index in [4.69, 9.17) is 17.3 Å². The average molecular weight is 312 g/mol. The number of aromatic nitrogens is 1. The molecule has 0 radical (unpaired) electrons. The summed E-state index contributed by atoms with van der Waals surface area (Å²) in [6.07, 6.45) is 3.04. The number of hydrogen-bond acceptors (Lipinski definition) is 4. The number of pyridine rings is 1. The van der Waals surface area contributed by atoms with Crippen LogP contribution in [0.2, 0.25) is 5.02 Å². The van der Waals surface area contributed by atoms with Crippen LogP contribution in [-0.4, -0.2) is 13.4 Å². The van der Waals surface area contributed by atoms with Crippen molar-refractivity contribution in [1.82, 2.24) is 4.98 Å². The summed E-state index contributed by atoms with van der Waals surface area (Å²) in [6, 6.07) is 6.40. The summed E-state index contributed by atoms with van der Waals surface area (Å²) in [5, 5.41) is 0.149. The molecule has 2 aromatic rings. The van der Waals surface area contributed by atoms with E-state index < -0.39 is 10.0 Å². The van der Waals surface area contributed by atoms with Crippen LogP contribution in [0, 0.1) is 6.92 Å². The normalized spacial score (nSPS) is 11.3. The van der Waals surface area contributed by atoms with Crippen molar-refractivity contribution in [3.8, 4) is 0 Å². The van der Waals surface area contributed by atoms with Crippen LogP contribution in [0.15, 0.2) is 41.6 Å². The van der Waals surface area contributed by atoms with Crippen molar-refractivity contribution in [2.24, 2.45) is 5.73 Å². The van der Waals surface area contributed by atoms with E-state index in [0.29, 0.717) is 11.3 Å². The second kappa shape index (κ2) is 5.78. The van der Waals surface area contributed by atoms with Crippen LogP contribution in [0.3, 0.4) is 0 Å². The summed E-state index contributed by atoms with van der Waals surface area (Å²) < 4.78 is 27.2. The number of nitrogens with one attached hydrogen (secondary N) is 1. The van der Waals surface area contributed by atoms with Gasteiger partial charge in [0.1, 0.15) is 4.90 Å². The number of nitrogens with two attached hydrogens (primary N) is 1. The highest BCUT2D eigenvalue weighted by molar-refractivity contribution is 7.92. The second-order valence-electron chi connectivity index (χ2n) is 4.26. The second-order valence-corrected chi connectivity index (χ2v) is 6.32. The van der Waals surface area contributed by atoms with Gasteiger partial charge in [-0.25, -0.2) is 8.42 Å². The maximum Gasteiger partial charge on any atom is 0.263 e. The van der Waals surface area contributed by atoms with Gasteiger partial charge in [0.25, 0.3) is 10.0 Å². The molecule has 0 saturated carbocycles. The van der Waals surface area contributed by atoms with Gasteiger partial charge >= 0.3 is 0 Å². The molecule has 0 aliphatic heterocycles. The molecule has 0 aliphatic rings. The van der Waals surface area contributed by atoms with E-state index in [-0.39, 0.29) is 16.5 Å². The minimum absolute atomic E-state index is 0.00497. The van der Waals surface area contributed by atoms with E-state index in [9.17, 15) is 8.42 Å². The molecule has 3 N–H and O–H groups in total. The maximum atomic E-state index is 12.4. The van der Waals surface area contributed by atoms with Crippen molar-refractivity contribution in [3.05, 3.63) is 52.8 Å². The molecule has 0 aliphatic carbocycles. The molecule has 0 bridgehead atoms. The molecule has 2 rings (SSSR count). The average Bonchev–Trinajstić information content (AvgIpc) is 2.41. The Balaban J connectivity index is 2.43. The molecule has 1 aromatic heterocycles. The van der Waals surface area contributed by atoms with Gasteiger partial charge in [0.05, 0.1) is 16.9 Å². The van der Waals surface area contributed by atoms with E-state index in [1.54, 1.807) is 25.3 Å². The number of aryl methyl sites for hydroxylation is 1. The zero-order valence-corrected chi connectivity index (χ0v) is 12.4. The van der Waals surface area contributed by atoms with Gasteiger partial charge in [-0.15, -0.1) is 0 Å². The molecular weight excluding hydrogens is 298 g/mol. The third-order valence-electron chi connectivity index (χ3n) is 2.80. The Labute approximate surface area is 122 Å². The van der Waals surface area contributed by atoms with Gasteiger partial charge in [-0.1, -0.05) is 17.7 Å². The van der Waals surface area contributed by atoms with E-state index in [1.165, 1.54) is 18.3 Å². The Kier molecular flexibility index (Phi) is 4.27. The predicted octanol–water partition coefficient (Wildman–Crippen LogP) is 2.30.